The van der Waals surface area contributed by atoms with Crippen molar-refractivity contribution in [1.29, 1.82) is 0 Å². The number of carbonyl (C=O) groups excluding carboxylic acids is 1. The molecule has 0 saturated carbocycles. The first-order valence-electron chi connectivity index (χ1n) is 7.18. The normalized spacial score (nSPS) is 26.2. The SMILES string of the molecule is CN(CC1COc2ccccc2O1)C(=O)C1CC(O)CN1.Cl. The van der Waals surface area contributed by atoms with Gasteiger partial charge in [0, 0.05) is 13.6 Å². The summed E-state index contributed by atoms with van der Waals surface area (Å²) in [4.78, 5) is 13.9. The van der Waals surface area contributed by atoms with Crippen molar-refractivity contribution >= 4 is 18.3 Å². The molecule has 3 rings (SSSR count). The van der Waals surface area contributed by atoms with Gasteiger partial charge in [-0.15, -0.1) is 12.4 Å². The van der Waals surface area contributed by atoms with E-state index in [0.717, 1.165) is 5.75 Å². The minimum Gasteiger partial charge on any atom is -0.486 e. The van der Waals surface area contributed by atoms with Crippen molar-refractivity contribution in [3.8, 4) is 11.5 Å². The predicted octanol–water partition coefficient (Wildman–Crippen LogP) is 0.429. The maximum absolute atomic E-state index is 12.3. The van der Waals surface area contributed by atoms with Crippen LogP contribution < -0.4 is 14.8 Å². The van der Waals surface area contributed by atoms with Crippen LogP contribution in [0, 0.1) is 0 Å². The molecule has 2 aliphatic heterocycles. The third kappa shape index (κ3) is 3.63. The number of ether oxygens (including phenoxy) is 2. The number of aliphatic hydroxyl groups is 1. The van der Waals surface area contributed by atoms with Gasteiger partial charge in [0.05, 0.1) is 18.7 Å². The Morgan fingerprint density at radius 3 is 2.82 bits per heavy atom. The van der Waals surface area contributed by atoms with Gasteiger partial charge in [-0.3, -0.25) is 4.79 Å². The smallest absolute Gasteiger partial charge is 0.239 e. The zero-order chi connectivity index (χ0) is 14.8. The van der Waals surface area contributed by atoms with Crippen molar-refractivity contribution in [3.05, 3.63) is 24.3 Å². The molecule has 2 heterocycles. The van der Waals surface area contributed by atoms with E-state index in [2.05, 4.69) is 5.32 Å². The summed E-state index contributed by atoms with van der Waals surface area (Å²) in [7, 11) is 1.75. The summed E-state index contributed by atoms with van der Waals surface area (Å²) in [5.74, 6) is 1.43. The van der Waals surface area contributed by atoms with E-state index in [1.807, 2.05) is 24.3 Å². The molecule has 1 fully saturated rings. The molecule has 1 aromatic rings. The average Bonchev–Trinajstić information content (AvgIpc) is 2.93. The molecule has 1 amide bonds. The molecule has 122 valence electrons. The first-order valence-corrected chi connectivity index (χ1v) is 7.18. The van der Waals surface area contributed by atoms with E-state index in [1.54, 1.807) is 11.9 Å². The fraction of sp³-hybridized carbons (Fsp3) is 0.533. The van der Waals surface area contributed by atoms with Crippen LogP contribution in [-0.2, 0) is 4.79 Å². The first-order chi connectivity index (χ1) is 10.1. The maximum Gasteiger partial charge on any atom is 0.239 e. The van der Waals surface area contributed by atoms with Gasteiger partial charge in [-0.05, 0) is 18.6 Å². The number of carbonyl (C=O) groups is 1. The largest absolute Gasteiger partial charge is 0.486 e. The van der Waals surface area contributed by atoms with Crippen LogP contribution in [0.5, 0.6) is 11.5 Å². The molecular formula is C15H21ClN2O4. The molecule has 0 radical (unpaired) electrons. The third-order valence-electron chi connectivity index (χ3n) is 3.83. The predicted molar refractivity (Wildman–Crippen MR) is 83.7 cm³/mol. The number of benzene rings is 1. The Labute approximate surface area is 135 Å². The van der Waals surface area contributed by atoms with Crippen molar-refractivity contribution in [3.63, 3.8) is 0 Å². The fourth-order valence-electron chi connectivity index (χ4n) is 2.72. The number of β-amino-alcohol motifs (C(OH)–C–C–N with tert-alkyl or cyclic N) is 1. The van der Waals surface area contributed by atoms with E-state index in [-0.39, 0.29) is 30.5 Å². The number of halogens is 1. The number of aliphatic hydroxyl groups excluding tert-OH is 1. The Balaban J connectivity index is 0.00000176. The lowest BCUT2D eigenvalue weighted by molar-refractivity contribution is -0.133. The van der Waals surface area contributed by atoms with Gasteiger partial charge >= 0.3 is 0 Å². The number of amides is 1. The third-order valence-corrected chi connectivity index (χ3v) is 3.83. The molecule has 0 aromatic heterocycles. The zero-order valence-corrected chi connectivity index (χ0v) is 13.2. The topological polar surface area (TPSA) is 71.0 Å². The van der Waals surface area contributed by atoms with Crippen LogP contribution in [0.1, 0.15) is 6.42 Å². The molecular weight excluding hydrogens is 308 g/mol. The Kier molecular flexibility index (Phi) is 5.50. The minimum atomic E-state index is -0.437. The molecule has 6 nitrogen and oxygen atoms in total. The van der Waals surface area contributed by atoms with Crippen LogP contribution in [0.2, 0.25) is 0 Å². The van der Waals surface area contributed by atoms with Crippen molar-refractivity contribution in [1.82, 2.24) is 10.2 Å². The summed E-state index contributed by atoms with van der Waals surface area (Å²) in [5.41, 5.74) is 0. The quantitative estimate of drug-likeness (QED) is 0.842. The molecule has 7 heteroatoms. The van der Waals surface area contributed by atoms with Crippen LogP contribution >= 0.6 is 12.4 Å². The zero-order valence-electron chi connectivity index (χ0n) is 12.4. The summed E-state index contributed by atoms with van der Waals surface area (Å²) < 4.78 is 11.5. The van der Waals surface area contributed by atoms with Crippen molar-refractivity contribution in [2.75, 3.05) is 26.7 Å². The lowest BCUT2D eigenvalue weighted by atomic mass is 10.1. The van der Waals surface area contributed by atoms with E-state index in [9.17, 15) is 9.90 Å². The summed E-state index contributed by atoms with van der Waals surface area (Å²) in [6.45, 7) is 1.36. The highest BCUT2D eigenvalue weighted by Crippen LogP contribution is 2.31. The van der Waals surface area contributed by atoms with E-state index in [1.165, 1.54) is 0 Å². The van der Waals surface area contributed by atoms with Crippen LogP contribution in [0.25, 0.3) is 0 Å². The molecule has 1 saturated heterocycles. The molecule has 3 atom stereocenters. The Morgan fingerprint density at radius 2 is 2.14 bits per heavy atom. The van der Waals surface area contributed by atoms with E-state index >= 15 is 0 Å². The van der Waals surface area contributed by atoms with Gasteiger partial charge in [-0.1, -0.05) is 12.1 Å². The highest BCUT2D eigenvalue weighted by atomic mass is 35.5. The minimum absolute atomic E-state index is 0. The van der Waals surface area contributed by atoms with Crippen molar-refractivity contribution in [2.24, 2.45) is 0 Å². The second kappa shape index (κ2) is 7.17. The van der Waals surface area contributed by atoms with Crippen LogP contribution in [0.15, 0.2) is 24.3 Å². The van der Waals surface area contributed by atoms with Gasteiger partial charge in [0.15, 0.2) is 17.6 Å². The number of likely N-dealkylation sites (N-methyl/N-ethyl adjacent to an activating group) is 1. The standard InChI is InChI=1S/C15H20N2O4.ClH/c1-17(15(19)12-6-10(18)7-16-12)8-11-9-20-13-4-2-3-5-14(13)21-11;/h2-5,10-12,16,18H,6-9H2,1H3;1H. The van der Waals surface area contributed by atoms with Crippen LogP contribution in [0.3, 0.4) is 0 Å². The van der Waals surface area contributed by atoms with Gasteiger partial charge in [-0.2, -0.15) is 0 Å². The molecule has 0 aliphatic carbocycles. The van der Waals surface area contributed by atoms with E-state index in [0.29, 0.717) is 31.9 Å². The Morgan fingerprint density at radius 1 is 1.41 bits per heavy atom. The molecule has 2 aliphatic rings. The second-order valence-corrected chi connectivity index (χ2v) is 5.57. The second-order valence-electron chi connectivity index (χ2n) is 5.57. The monoisotopic (exact) mass is 328 g/mol. The molecule has 3 unspecified atom stereocenters. The summed E-state index contributed by atoms with van der Waals surface area (Å²) in [6, 6.07) is 7.21. The first kappa shape index (κ1) is 16.9. The number of nitrogens with one attached hydrogen (secondary N) is 1. The highest BCUT2D eigenvalue weighted by Gasteiger charge is 2.32. The van der Waals surface area contributed by atoms with Crippen molar-refractivity contribution < 1.29 is 19.4 Å². The number of rotatable bonds is 3. The molecule has 0 bridgehead atoms. The lowest BCUT2D eigenvalue weighted by Gasteiger charge is -2.30. The lowest BCUT2D eigenvalue weighted by Crippen LogP contribution is -2.47. The van der Waals surface area contributed by atoms with Gasteiger partial charge < -0.3 is 24.8 Å². The summed E-state index contributed by atoms with van der Waals surface area (Å²) in [6.07, 6.45) is -0.151. The fourth-order valence-corrected chi connectivity index (χ4v) is 2.72. The highest BCUT2D eigenvalue weighted by molar-refractivity contribution is 5.85. The van der Waals surface area contributed by atoms with Gasteiger partial charge in [0.1, 0.15) is 6.61 Å². The van der Waals surface area contributed by atoms with Crippen molar-refractivity contribution in [2.45, 2.75) is 24.7 Å². The summed E-state index contributed by atoms with van der Waals surface area (Å²) >= 11 is 0. The Bertz CT molecular complexity index is 528. The average molecular weight is 329 g/mol. The molecule has 1 aromatic carbocycles. The number of nitrogens with zero attached hydrogens (tertiary/aromatic N) is 1. The number of hydrogen-bond donors (Lipinski definition) is 2. The number of para-hydroxylation sites is 2. The van der Waals surface area contributed by atoms with Crippen LogP contribution in [-0.4, -0.2) is 60.9 Å². The van der Waals surface area contributed by atoms with Crippen LogP contribution in [0.4, 0.5) is 0 Å². The molecule has 2 N–H and O–H groups in total. The van der Waals surface area contributed by atoms with Gasteiger partial charge in [-0.25, -0.2) is 0 Å². The maximum atomic E-state index is 12.3. The molecule has 22 heavy (non-hydrogen) atoms. The van der Waals surface area contributed by atoms with Gasteiger partial charge in [0.25, 0.3) is 0 Å². The van der Waals surface area contributed by atoms with E-state index < -0.39 is 6.10 Å². The molecule has 0 spiro atoms. The van der Waals surface area contributed by atoms with E-state index in [4.69, 9.17) is 9.47 Å². The summed E-state index contributed by atoms with van der Waals surface area (Å²) in [5, 5.41) is 12.5. The van der Waals surface area contributed by atoms with Gasteiger partial charge in [0.2, 0.25) is 5.91 Å². The number of hydrogen-bond acceptors (Lipinski definition) is 5. The Hall–Kier alpha value is -1.50. The number of fused-ring (bicyclic) bond motifs is 1.